The Labute approximate surface area is 203 Å². The van der Waals surface area contributed by atoms with Crippen molar-refractivity contribution in [2.75, 3.05) is 33.4 Å². The number of nitrogens with two attached hydrogens (primary N) is 1. The van der Waals surface area contributed by atoms with E-state index < -0.39 is 5.91 Å². The minimum atomic E-state index is -0.529. The first-order valence-electron chi connectivity index (χ1n) is 11.6. The summed E-state index contributed by atoms with van der Waals surface area (Å²) in [5.41, 5.74) is 6.44. The van der Waals surface area contributed by atoms with Crippen LogP contribution in [0.15, 0.2) is 53.8 Å². The normalized spacial score (nSPS) is 16.6. The molecule has 10 nitrogen and oxygen atoms in total. The minimum absolute atomic E-state index is 0.0254. The number of benzene rings is 1. The molecule has 2 aliphatic rings. The summed E-state index contributed by atoms with van der Waals surface area (Å²) in [6.07, 6.45) is 7.06. The molecule has 4 rings (SSSR count). The van der Waals surface area contributed by atoms with Crippen LogP contribution in [0.5, 0.6) is 17.2 Å². The number of nitrogens with one attached hydrogen (secondary N) is 1. The molecule has 2 fully saturated rings. The summed E-state index contributed by atoms with van der Waals surface area (Å²) in [5.74, 6) is 0.723. The maximum Gasteiger partial charge on any atom is 0.279 e. The van der Waals surface area contributed by atoms with Crippen LogP contribution in [0.25, 0.3) is 0 Å². The van der Waals surface area contributed by atoms with Crippen LogP contribution in [0.1, 0.15) is 40.1 Å². The Balaban J connectivity index is 1.55. The Hall–Kier alpha value is -3.92. The molecule has 2 saturated heterocycles. The van der Waals surface area contributed by atoms with Crippen LogP contribution in [-0.2, 0) is 4.74 Å². The van der Waals surface area contributed by atoms with Gasteiger partial charge in [0.25, 0.3) is 11.8 Å². The third-order valence-corrected chi connectivity index (χ3v) is 5.58. The molecule has 0 radical (unpaired) electrons. The number of likely N-dealkylation sites (tertiary alicyclic amines) is 1. The van der Waals surface area contributed by atoms with Gasteiger partial charge >= 0.3 is 0 Å². The molecular formula is C25H29N5O5. The lowest BCUT2D eigenvalue weighted by molar-refractivity contribution is 0.0254. The van der Waals surface area contributed by atoms with Gasteiger partial charge in [-0.05, 0) is 43.0 Å². The van der Waals surface area contributed by atoms with Gasteiger partial charge in [-0.3, -0.25) is 9.59 Å². The fourth-order valence-electron chi connectivity index (χ4n) is 3.58. The number of amides is 2. The number of hydrogen-bond acceptors (Lipinski definition) is 7. The van der Waals surface area contributed by atoms with Crippen molar-refractivity contribution in [3.63, 3.8) is 0 Å². The summed E-state index contributed by atoms with van der Waals surface area (Å²) in [6, 6.07) is 8.20. The smallest absolute Gasteiger partial charge is 0.279 e. The molecule has 3 heterocycles. The summed E-state index contributed by atoms with van der Waals surface area (Å²) < 4.78 is 17.5. The van der Waals surface area contributed by atoms with E-state index in [0.717, 1.165) is 32.4 Å². The average molecular weight is 480 g/mol. The standard InChI is InChI=1S/C25H29N5O5/c1-27-8-5-23(26)29-24(31)17-13-20(34-18-6-11-33-12-7-18)15-21(14-17)35-19-3-4-22(28-16-19)25(32)30-9-2-10-30/h3-5,8,13-16,18,27H,2,6-7,9-12H2,1H3,(H2,26,29,31)/b8-5-. The van der Waals surface area contributed by atoms with Crippen molar-refractivity contribution in [1.29, 1.82) is 0 Å². The fraction of sp³-hybridized carbons (Fsp3) is 0.360. The zero-order chi connectivity index (χ0) is 24.6. The predicted octanol–water partition coefficient (Wildman–Crippen LogP) is 2.51. The van der Waals surface area contributed by atoms with Gasteiger partial charge in [-0.15, -0.1) is 0 Å². The molecule has 3 N–H and O–H groups in total. The van der Waals surface area contributed by atoms with E-state index >= 15 is 0 Å². The first-order valence-corrected chi connectivity index (χ1v) is 11.6. The maximum absolute atomic E-state index is 12.8. The number of pyridine rings is 1. The topological polar surface area (TPSA) is 128 Å². The van der Waals surface area contributed by atoms with Crippen molar-refractivity contribution in [2.45, 2.75) is 25.4 Å². The van der Waals surface area contributed by atoms with E-state index in [2.05, 4.69) is 15.3 Å². The van der Waals surface area contributed by atoms with Crippen LogP contribution in [0.3, 0.4) is 0 Å². The highest BCUT2D eigenvalue weighted by Crippen LogP contribution is 2.29. The Morgan fingerprint density at radius 2 is 1.94 bits per heavy atom. The SMILES string of the molecule is CN/C=C\C(N)=NC(=O)c1cc(Oc2ccc(C(=O)N3CCC3)nc2)cc(OC2CCOCC2)c1. The van der Waals surface area contributed by atoms with Crippen LogP contribution < -0.4 is 20.5 Å². The number of hydrogen-bond donors (Lipinski definition) is 2. The maximum atomic E-state index is 12.8. The first kappa shape index (κ1) is 24.2. The van der Waals surface area contributed by atoms with Crippen molar-refractivity contribution in [3.8, 4) is 17.2 Å². The second-order valence-electron chi connectivity index (χ2n) is 8.21. The Morgan fingerprint density at radius 1 is 1.17 bits per heavy atom. The van der Waals surface area contributed by atoms with E-state index in [1.54, 1.807) is 48.5 Å². The molecule has 35 heavy (non-hydrogen) atoms. The number of amidine groups is 1. The molecule has 0 atom stereocenters. The highest BCUT2D eigenvalue weighted by atomic mass is 16.5. The van der Waals surface area contributed by atoms with Crippen LogP contribution in [0.4, 0.5) is 0 Å². The molecule has 0 spiro atoms. The lowest BCUT2D eigenvalue weighted by Crippen LogP contribution is -2.42. The second-order valence-corrected chi connectivity index (χ2v) is 8.21. The molecule has 2 aliphatic heterocycles. The molecule has 0 bridgehead atoms. The van der Waals surface area contributed by atoms with Crippen LogP contribution in [0, 0.1) is 0 Å². The van der Waals surface area contributed by atoms with Crippen LogP contribution in [-0.4, -0.2) is 67.0 Å². The van der Waals surface area contributed by atoms with Gasteiger partial charge in [-0.25, -0.2) is 4.98 Å². The van der Waals surface area contributed by atoms with Crippen LogP contribution in [0.2, 0.25) is 0 Å². The van der Waals surface area contributed by atoms with E-state index in [4.69, 9.17) is 19.9 Å². The van der Waals surface area contributed by atoms with Gasteiger partial charge < -0.3 is 30.2 Å². The van der Waals surface area contributed by atoms with E-state index in [1.165, 1.54) is 12.3 Å². The summed E-state index contributed by atoms with van der Waals surface area (Å²) in [4.78, 5) is 35.0. The molecule has 0 aliphatic carbocycles. The van der Waals surface area contributed by atoms with Crippen molar-refractivity contribution in [3.05, 3.63) is 60.1 Å². The van der Waals surface area contributed by atoms with E-state index in [1.807, 2.05) is 0 Å². The van der Waals surface area contributed by atoms with Gasteiger partial charge in [0.1, 0.15) is 34.9 Å². The van der Waals surface area contributed by atoms with Crippen molar-refractivity contribution < 1.29 is 23.8 Å². The molecular weight excluding hydrogens is 450 g/mol. The van der Waals surface area contributed by atoms with E-state index in [9.17, 15) is 9.59 Å². The van der Waals surface area contributed by atoms with Gasteiger partial charge in [-0.1, -0.05) is 0 Å². The van der Waals surface area contributed by atoms with Crippen molar-refractivity contribution in [2.24, 2.45) is 10.7 Å². The number of carbonyl (C=O) groups is 2. The highest BCUT2D eigenvalue weighted by Gasteiger charge is 2.22. The van der Waals surface area contributed by atoms with Gasteiger partial charge in [0.05, 0.1) is 19.4 Å². The van der Waals surface area contributed by atoms with Gasteiger partial charge in [0.2, 0.25) is 0 Å². The minimum Gasteiger partial charge on any atom is -0.490 e. The lowest BCUT2D eigenvalue weighted by Gasteiger charge is -2.30. The molecule has 10 heteroatoms. The highest BCUT2D eigenvalue weighted by molar-refractivity contribution is 6.06. The molecule has 1 aromatic carbocycles. The molecule has 2 aromatic rings. The summed E-state index contributed by atoms with van der Waals surface area (Å²) >= 11 is 0. The summed E-state index contributed by atoms with van der Waals surface area (Å²) in [7, 11) is 1.72. The second kappa shape index (κ2) is 11.5. The molecule has 0 saturated carbocycles. The Morgan fingerprint density at radius 3 is 2.60 bits per heavy atom. The summed E-state index contributed by atoms with van der Waals surface area (Å²) in [5, 5.41) is 2.79. The number of ether oxygens (including phenoxy) is 3. The quantitative estimate of drug-likeness (QED) is 0.437. The average Bonchev–Trinajstić information content (AvgIpc) is 2.82. The van der Waals surface area contributed by atoms with Crippen molar-refractivity contribution in [1.82, 2.24) is 15.2 Å². The zero-order valence-electron chi connectivity index (χ0n) is 19.6. The third kappa shape index (κ3) is 6.57. The lowest BCUT2D eigenvalue weighted by atomic mass is 10.1. The van der Waals surface area contributed by atoms with Gasteiger partial charge in [0.15, 0.2) is 0 Å². The largest absolute Gasteiger partial charge is 0.490 e. The number of aromatic nitrogens is 1. The Bertz CT molecular complexity index is 1110. The Kier molecular flexibility index (Phi) is 7.94. The van der Waals surface area contributed by atoms with E-state index in [-0.39, 0.29) is 23.4 Å². The fourth-order valence-corrected chi connectivity index (χ4v) is 3.58. The van der Waals surface area contributed by atoms with Crippen LogP contribution >= 0.6 is 0 Å². The molecule has 184 valence electrons. The summed E-state index contributed by atoms with van der Waals surface area (Å²) in [6.45, 7) is 2.76. The zero-order valence-corrected chi connectivity index (χ0v) is 19.6. The molecule has 0 unspecified atom stereocenters. The van der Waals surface area contributed by atoms with Crippen molar-refractivity contribution >= 4 is 17.6 Å². The predicted molar refractivity (Wildman–Crippen MR) is 130 cm³/mol. The molecule has 1 aromatic heterocycles. The number of rotatable bonds is 8. The number of nitrogens with zero attached hydrogens (tertiary/aromatic N) is 3. The van der Waals surface area contributed by atoms with Gasteiger partial charge in [0, 0.05) is 44.6 Å². The first-order chi connectivity index (χ1) is 17.0. The third-order valence-electron chi connectivity index (χ3n) is 5.58. The van der Waals surface area contributed by atoms with E-state index in [0.29, 0.717) is 36.2 Å². The monoisotopic (exact) mass is 479 g/mol. The number of aliphatic imine (C=N–C) groups is 1. The van der Waals surface area contributed by atoms with Gasteiger partial charge in [-0.2, -0.15) is 4.99 Å². The number of carbonyl (C=O) groups excluding carboxylic acids is 2. The molecule has 2 amide bonds.